The van der Waals surface area contributed by atoms with Crippen molar-refractivity contribution in [3.05, 3.63) is 72.2 Å². The first-order valence-electron chi connectivity index (χ1n) is 10.9. The van der Waals surface area contributed by atoms with Gasteiger partial charge in [-0.1, -0.05) is 12.1 Å². The number of aromatic nitrogens is 3. The van der Waals surface area contributed by atoms with Crippen molar-refractivity contribution in [3.63, 3.8) is 0 Å². The highest BCUT2D eigenvalue weighted by Crippen LogP contribution is 2.29. The lowest BCUT2D eigenvalue weighted by Gasteiger charge is -2.19. The van der Waals surface area contributed by atoms with E-state index in [1.165, 1.54) is 18.4 Å². The number of ether oxygens (including phenoxy) is 1. The van der Waals surface area contributed by atoms with Crippen molar-refractivity contribution in [2.75, 3.05) is 13.2 Å². The molecule has 1 saturated carbocycles. The van der Waals surface area contributed by atoms with Gasteiger partial charge in [0.2, 0.25) is 5.88 Å². The number of hydrogen-bond acceptors (Lipinski definition) is 4. The summed E-state index contributed by atoms with van der Waals surface area (Å²) in [4.78, 5) is 9.07. The van der Waals surface area contributed by atoms with Crippen LogP contribution in [0.4, 0.5) is 0 Å². The van der Waals surface area contributed by atoms with Gasteiger partial charge in [-0.05, 0) is 68.0 Å². The highest BCUT2D eigenvalue weighted by Gasteiger charge is 2.22. The maximum Gasteiger partial charge on any atom is 0.213 e. The predicted molar refractivity (Wildman–Crippen MR) is 138 cm³/mol. The van der Waals surface area contributed by atoms with E-state index in [0.29, 0.717) is 18.3 Å². The number of pyridine rings is 1. The van der Waals surface area contributed by atoms with Gasteiger partial charge in [0.1, 0.15) is 0 Å². The fourth-order valence-corrected chi connectivity index (χ4v) is 3.25. The van der Waals surface area contributed by atoms with Crippen LogP contribution in [-0.2, 0) is 6.54 Å². The van der Waals surface area contributed by atoms with Gasteiger partial charge in [0, 0.05) is 31.2 Å². The fourth-order valence-electron chi connectivity index (χ4n) is 3.25. The number of nitrogens with zero attached hydrogens (tertiary/aromatic N) is 4. The van der Waals surface area contributed by atoms with Crippen LogP contribution >= 0.6 is 24.0 Å². The molecule has 0 bridgehead atoms. The van der Waals surface area contributed by atoms with Crippen molar-refractivity contribution in [2.45, 2.75) is 39.3 Å². The maximum atomic E-state index is 5.79. The third kappa shape index (κ3) is 6.94. The Labute approximate surface area is 206 Å². The van der Waals surface area contributed by atoms with E-state index in [0.717, 1.165) is 30.4 Å². The number of aliphatic imine (C=N–C) groups is 1. The van der Waals surface area contributed by atoms with Crippen LogP contribution in [0.25, 0.3) is 5.69 Å². The van der Waals surface area contributed by atoms with Crippen LogP contribution in [-0.4, -0.2) is 33.9 Å². The molecule has 3 aromatic rings. The first-order valence-corrected chi connectivity index (χ1v) is 10.9. The molecule has 2 heterocycles. The Hall–Kier alpha value is -2.62. The van der Waals surface area contributed by atoms with Crippen LogP contribution in [0.2, 0.25) is 0 Å². The summed E-state index contributed by atoms with van der Waals surface area (Å²) in [6.07, 6.45) is 8.05. The van der Waals surface area contributed by atoms with E-state index in [-0.39, 0.29) is 30.0 Å². The molecule has 170 valence electrons. The molecular weight excluding hydrogens is 515 g/mol. The number of nitrogens with one attached hydrogen (secondary N) is 2. The summed E-state index contributed by atoms with van der Waals surface area (Å²) in [5, 5.41) is 11.2. The summed E-state index contributed by atoms with van der Waals surface area (Å²) in [5.74, 6) is 2.17. The van der Waals surface area contributed by atoms with Crippen LogP contribution in [0.15, 0.2) is 66.0 Å². The Bertz CT molecular complexity index is 1000. The average molecular weight is 546 g/mol. The second-order valence-electron chi connectivity index (χ2n) is 7.86. The first-order chi connectivity index (χ1) is 15.2. The van der Waals surface area contributed by atoms with E-state index in [9.17, 15) is 0 Å². The van der Waals surface area contributed by atoms with Crippen LogP contribution in [0.3, 0.4) is 0 Å². The monoisotopic (exact) mass is 546 g/mol. The standard InChI is InChI=1S/C24H30N6O.HI/c1-3-25-24(27-16-20-10-12-26-23(14-20)31-17-19-8-9-19)29-18(2)21-6-4-7-22(15-21)30-13-5-11-28-30;/h4-7,10-15,18-19H,3,8-9,16-17H2,1-2H3,(H2,25,27,29);1H. The number of benzene rings is 1. The normalized spacial score (nSPS) is 14.4. The van der Waals surface area contributed by atoms with Gasteiger partial charge in [-0.2, -0.15) is 5.10 Å². The summed E-state index contributed by atoms with van der Waals surface area (Å²) in [5.41, 5.74) is 3.28. The fraction of sp³-hybridized carbons (Fsp3) is 0.375. The second kappa shape index (κ2) is 11.8. The lowest BCUT2D eigenvalue weighted by Crippen LogP contribution is -2.38. The lowest BCUT2D eigenvalue weighted by atomic mass is 10.1. The van der Waals surface area contributed by atoms with Crippen molar-refractivity contribution in [1.29, 1.82) is 0 Å². The lowest BCUT2D eigenvalue weighted by molar-refractivity contribution is 0.288. The highest BCUT2D eigenvalue weighted by atomic mass is 127. The smallest absolute Gasteiger partial charge is 0.213 e. The molecule has 1 fully saturated rings. The minimum absolute atomic E-state index is 0. The van der Waals surface area contributed by atoms with Gasteiger partial charge in [-0.15, -0.1) is 24.0 Å². The summed E-state index contributed by atoms with van der Waals surface area (Å²) in [7, 11) is 0. The van der Waals surface area contributed by atoms with Gasteiger partial charge in [0.05, 0.1) is 24.9 Å². The van der Waals surface area contributed by atoms with Gasteiger partial charge < -0.3 is 15.4 Å². The van der Waals surface area contributed by atoms with Crippen LogP contribution in [0.1, 0.15) is 43.9 Å². The minimum atomic E-state index is 0. The zero-order valence-electron chi connectivity index (χ0n) is 18.6. The molecule has 2 aromatic heterocycles. The Morgan fingerprint density at radius 2 is 2.09 bits per heavy atom. The summed E-state index contributed by atoms with van der Waals surface area (Å²) in [6, 6.07) is 14.3. The SMILES string of the molecule is CCNC(=NCc1ccnc(OCC2CC2)c1)NC(C)c1cccc(-n2cccn2)c1.I. The molecule has 8 heteroatoms. The number of rotatable bonds is 9. The Morgan fingerprint density at radius 3 is 2.84 bits per heavy atom. The molecule has 0 amide bonds. The van der Waals surface area contributed by atoms with Crippen molar-refractivity contribution in [3.8, 4) is 11.6 Å². The molecule has 0 spiro atoms. The van der Waals surface area contributed by atoms with E-state index >= 15 is 0 Å². The van der Waals surface area contributed by atoms with Crippen molar-refractivity contribution in [2.24, 2.45) is 10.9 Å². The number of halogens is 1. The van der Waals surface area contributed by atoms with E-state index in [2.05, 4.69) is 58.8 Å². The molecule has 0 radical (unpaired) electrons. The topological polar surface area (TPSA) is 76.4 Å². The van der Waals surface area contributed by atoms with Gasteiger partial charge in [0.25, 0.3) is 0 Å². The van der Waals surface area contributed by atoms with E-state index in [1.807, 2.05) is 29.1 Å². The Kier molecular flexibility index (Phi) is 8.90. The second-order valence-corrected chi connectivity index (χ2v) is 7.86. The minimum Gasteiger partial charge on any atom is -0.477 e. The van der Waals surface area contributed by atoms with Gasteiger partial charge in [-0.3, -0.25) is 0 Å². The molecule has 1 aromatic carbocycles. The van der Waals surface area contributed by atoms with Crippen LogP contribution < -0.4 is 15.4 Å². The highest BCUT2D eigenvalue weighted by molar-refractivity contribution is 14.0. The van der Waals surface area contributed by atoms with E-state index in [1.54, 1.807) is 12.4 Å². The molecule has 1 atom stereocenters. The van der Waals surface area contributed by atoms with Crippen molar-refractivity contribution < 1.29 is 4.74 Å². The van der Waals surface area contributed by atoms with Crippen LogP contribution in [0.5, 0.6) is 5.88 Å². The zero-order valence-corrected chi connectivity index (χ0v) is 20.9. The number of guanidine groups is 1. The molecular formula is C24H31IN6O. The summed E-state index contributed by atoms with van der Waals surface area (Å²) >= 11 is 0. The number of hydrogen-bond donors (Lipinski definition) is 2. The third-order valence-electron chi connectivity index (χ3n) is 5.22. The zero-order chi connectivity index (χ0) is 21.5. The maximum absolute atomic E-state index is 5.79. The molecule has 1 unspecified atom stereocenters. The summed E-state index contributed by atoms with van der Waals surface area (Å²) in [6.45, 7) is 6.30. The first kappa shape index (κ1) is 24.0. The van der Waals surface area contributed by atoms with Crippen molar-refractivity contribution in [1.82, 2.24) is 25.4 Å². The molecule has 32 heavy (non-hydrogen) atoms. The summed E-state index contributed by atoms with van der Waals surface area (Å²) < 4.78 is 7.65. The largest absolute Gasteiger partial charge is 0.477 e. The van der Waals surface area contributed by atoms with Gasteiger partial charge in [-0.25, -0.2) is 14.7 Å². The quantitative estimate of drug-likeness (QED) is 0.235. The average Bonchev–Trinajstić information content (AvgIpc) is 3.47. The molecule has 0 saturated heterocycles. The van der Waals surface area contributed by atoms with E-state index < -0.39 is 0 Å². The molecule has 4 rings (SSSR count). The van der Waals surface area contributed by atoms with E-state index in [4.69, 9.17) is 9.73 Å². The molecule has 7 nitrogen and oxygen atoms in total. The Morgan fingerprint density at radius 1 is 1.22 bits per heavy atom. The van der Waals surface area contributed by atoms with Crippen molar-refractivity contribution >= 4 is 29.9 Å². The Balaban J connectivity index is 0.00000289. The predicted octanol–water partition coefficient (Wildman–Crippen LogP) is 4.49. The molecule has 1 aliphatic carbocycles. The molecule has 2 N–H and O–H groups in total. The van der Waals surface area contributed by atoms with Gasteiger partial charge >= 0.3 is 0 Å². The molecule has 0 aliphatic heterocycles. The third-order valence-corrected chi connectivity index (χ3v) is 5.22. The van der Waals surface area contributed by atoms with Gasteiger partial charge in [0.15, 0.2) is 5.96 Å². The molecule has 1 aliphatic rings. The van der Waals surface area contributed by atoms with Crippen LogP contribution in [0, 0.1) is 5.92 Å².